The molecule has 0 aromatic heterocycles. The molecule has 0 fully saturated rings. The van der Waals surface area contributed by atoms with Crippen molar-refractivity contribution in [2.75, 3.05) is 6.54 Å². The molecule has 1 aliphatic heterocycles. The van der Waals surface area contributed by atoms with E-state index in [4.69, 9.17) is 10.6 Å². The van der Waals surface area contributed by atoms with Crippen molar-refractivity contribution in [3.8, 4) is 0 Å². The summed E-state index contributed by atoms with van der Waals surface area (Å²) >= 11 is 0. The molecule has 1 atom stereocenters. The SMILES string of the molecule is Cc1ccc(C2=NOC(C)(CN)C2)cc1. The first kappa shape index (κ1) is 10.2. The second-order valence-corrected chi connectivity index (χ2v) is 4.33. The molecule has 1 aromatic carbocycles. The van der Waals surface area contributed by atoms with E-state index >= 15 is 0 Å². The minimum Gasteiger partial charge on any atom is -0.387 e. The third kappa shape index (κ3) is 2.02. The average Bonchev–Trinajstić information content (AvgIpc) is 2.63. The fourth-order valence-electron chi connectivity index (χ4n) is 1.59. The van der Waals surface area contributed by atoms with Gasteiger partial charge in [-0.2, -0.15) is 0 Å². The molecular weight excluding hydrogens is 188 g/mol. The molecular formula is C12H16N2O. The molecule has 1 heterocycles. The average molecular weight is 204 g/mol. The van der Waals surface area contributed by atoms with Gasteiger partial charge < -0.3 is 10.6 Å². The number of rotatable bonds is 2. The number of nitrogens with two attached hydrogens (primary N) is 1. The summed E-state index contributed by atoms with van der Waals surface area (Å²) in [5.41, 5.74) is 8.68. The lowest BCUT2D eigenvalue weighted by Crippen LogP contribution is -2.34. The van der Waals surface area contributed by atoms with E-state index in [1.807, 2.05) is 6.92 Å². The van der Waals surface area contributed by atoms with Gasteiger partial charge in [-0.25, -0.2) is 0 Å². The van der Waals surface area contributed by atoms with Crippen molar-refractivity contribution in [2.45, 2.75) is 25.9 Å². The van der Waals surface area contributed by atoms with Gasteiger partial charge >= 0.3 is 0 Å². The topological polar surface area (TPSA) is 47.6 Å². The predicted molar refractivity (Wildman–Crippen MR) is 60.9 cm³/mol. The van der Waals surface area contributed by atoms with E-state index in [0.29, 0.717) is 6.54 Å². The zero-order chi connectivity index (χ0) is 10.9. The van der Waals surface area contributed by atoms with Gasteiger partial charge in [-0.3, -0.25) is 0 Å². The van der Waals surface area contributed by atoms with Gasteiger partial charge in [-0.05, 0) is 19.4 Å². The third-order valence-corrected chi connectivity index (χ3v) is 2.73. The molecule has 0 saturated carbocycles. The van der Waals surface area contributed by atoms with Crippen LogP contribution in [-0.2, 0) is 4.84 Å². The summed E-state index contributed by atoms with van der Waals surface area (Å²) in [7, 11) is 0. The molecule has 1 unspecified atom stereocenters. The number of nitrogens with zero attached hydrogens (tertiary/aromatic N) is 1. The van der Waals surface area contributed by atoms with Crippen molar-refractivity contribution in [1.82, 2.24) is 0 Å². The normalized spacial score (nSPS) is 24.9. The lowest BCUT2D eigenvalue weighted by molar-refractivity contribution is 0.00422. The van der Waals surface area contributed by atoms with Crippen LogP contribution in [0.15, 0.2) is 29.4 Å². The fraction of sp³-hybridized carbons (Fsp3) is 0.417. The van der Waals surface area contributed by atoms with Gasteiger partial charge in [-0.1, -0.05) is 35.0 Å². The molecule has 1 aliphatic rings. The molecule has 3 nitrogen and oxygen atoms in total. The van der Waals surface area contributed by atoms with E-state index < -0.39 is 0 Å². The van der Waals surface area contributed by atoms with Crippen LogP contribution in [0.25, 0.3) is 0 Å². The van der Waals surface area contributed by atoms with E-state index in [2.05, 4.69) is 36.3 Å². The molecule has 2 N–H and O–H groups in total. The molecule has 80 valence electrons. The first-order valence-corrected chi connectivity index (χ1v) is 5.15. The standard InChI is InChI=1S/C12H16N2O/c1-9-3-5-10(6-4-9)11-7-12(2,8-13)15-14-11/h3-6H,7-8,13H2,1-2H3. The van der Waals surface area contributed by atoms with E-state index in [9.17, 15) is 0 Å². The van der Waals surface area contributed by atoms with E-state index in [-0.39, 0.29) is 5.60 Å². The van der Waals surface area contributed by atoms with Crippen LogP contribution in [0.2, 0.25) is 0 Å². The van der Waals surface area contributed by atoms with Crippen molar-refractivity contribution in [3.63, 3.8) is 0 Å². The molecule has 0 spiro atoms. The van der Waals surface area contributed by atoms with Gasteiger partial charge in [0.1, 0.15) is 0 Å². The Kier molecular flexibility index (Phi) is 2.49. The zero-order valence-electron chi connectivity index (χ0n) is 9.16. The van der Waals surface area contributed by atoms with E-state index in [0.717, 1.165) is 17.7 Å². The van der Waals surface area contributed by atoms with Gasteiger partial charge in [0, 0.05) is 13.0 Å². The highest BCUT2D eigenvalue weighted by Gasteiger charge is 2.33. The van der Waals surface area contributed by atoms with Crippen LogP contribution in [0.1, 0.15) is 24.5 Å². The predicted octanol–water partition coefficient (Wildman–Crippen LogP) is 1.84. The minimum absolute atomic E-state index is 0.319. The molecule has 0 bridgehead atoms. The van der Waals surface area contributed by atoms with Gasteiger partial charge in [0.25, 0.3) is 0 Å². The summed E-state index contributed by atoms with van der Waals surface area (Å²) in [6, 6.07) is 8.30. The van der Waals surface area contributed by atoms with E-state index in [1.165, 1.54) is 5.56 Å². The number of oxime groups is 1. The van der Waals surface area contributed by atoms with Gasteiger partial charge in [0.15, 0.2) is 5.60 Å². The Bertz CT molecular complexity index is 383. The van der Waals surface area contributed by atoms with Crippen LogP contribution >= 0.6 is 0 Å². The molecule has 0 aliphatic carbocycles. The largest absolute Gasteiger partial charge is 0.387 e. The van der Waals surface area contributed by atoms with Crippen LogP contribution < -0.4 is 5.73 Å². The van der Waals surface area contributed by atoms with Gasteiger partial charge in [0.05, 0.1) is 5.71 Å². The maximum Gasteiger partial charge on any atom is 0.152 e. The highest BCUT2D eigenvalue weighted by molar-refractivity contribution is 6.01. The third-order valence-electron chi connectivity index (χ3n) is 2.73. The monoisotopic (exact) mass is 204 g/mol. The minimum atomic E-state index is -0.319. The molecule has 1 aromatic rings. The maximum absolute atomic E-state index is 5.63. The molecule has 0 saturated heterocycles. The van der Waals surface area contributed by atoms with Crippen molar-refractivity contribution < 1.29 is 4.84 Å². The Morgan fingerprint density at radius 2 is 2.07 bits per heavy atom. The van der Waals surface area contributed by atoms with Crippen LogP contribution in [0, 0.1) is 6.92 Å². The van der Waals surface area contributed by atoms with Crippen molar-refractivity contribution in [1.29, 1.82) is 0 Å². The van der Waals surface area contributed by atoms with Crippen LogP contribution in [0.3, 0.4) is 0 Å². The second-order valence-electron chi connectivity index (χ2n) is 4.33. The summed E-state index contributed by atoms with van der Waals surface area (Å²) < 4.78 is 0. The van der Waals surface area contributed by atoms with Crippen LogP contribution in [0.4, 0.5) is 0 Å². The fourth-order valence-corrected chi connectivity index (χ4v) is 1.59. The Morgan fingerprint density at radius 3 is 2.60 bits per heavy atom. The molecule has 3 heteroatoms. The number of benzene rings is 1. The van der Waals surface area contributed by atoms with Crippen LogP contribution in [0.5, 0.6) is 0 Å². The molecule has 15 heavy (non-hydrogen) atoms. The number of aryl methyl sites for hydroxylation is 1. The number of hydrogen-bond acceptors (Lipinski definition) is 3. The Hall–Kier alpha value is -1.35. The van der Waals surface area contributed by atoms with Crippen LogP contribution in [-0.4, -0.2) is 17.9 Å². The lowest BCUT2D eigenvalue weighted by atomic mass is 9.96. The first-order valence-electron chi connectivity index (χ1n) is 5.15. The second kappa shape index (κ2) is 3.66. The smallest absolute Gasteiger partial charge is 0.152 e. The summed E-state index contributed by atoms with van der Waals surface area (Å²) in [6.07, 6.45) is 0.784. The van der Waals surface area contributed by atoms with E-state index in [1.54, 1.807) is 0 Å². The summed E-state index contributed by atoms with van der Waals surface area (Å²) in [6.45, 7) is 4.55. The highest BCUT2D eigenvalue weighted by atomic mass is 16.7. The van der Waals surface area contributed by atoms with Gasteiger partial charge in [-0.15, -0.1) is 0 Å². The van der Waals surface area contributed by atoms with Crippen molar-refractivity contribution >= 4 is 5.71 Å². The zero-order valence-corrected chi connectivity index (χ0v) is 9.16. The first-order chi connectivity index (χ1) is 7.13. The van der Waals surface area contributed by atoms with Gasteiger partial charge in [0.2, 0.25) is 0 Å². The molecule has 0 amide bonds. The molecule has 0 radical (unpaired) electrons. The lowest BCUT2D eigenvalue weighted by Gasteiger charge is -2.17. The summed E-state index contributed by atoms with van der Waals surface area (Å²) in [4.78, 5) is 5.35. The Morgan fingerprint density at radius 1 is 1.40 bits per heavy atom. The Labute approximate surface area is 89.9 Å². The molecule has 2 rings (SSSR count). The van der Waals surface area contributed by atoms with Crippen molar-refractivity contribution in [3.05, 3.63) is 35.4 Å². The maximum atomic E-state index is 5.63. The Balaban J connectivity index is 2.17. The summed E-state index contributed by atoms with van der Waals surface area (Å²) in [5, 5.41) is 4.10. The summed E-state index contributed by atoms with van der Waals surface area (Å²) in [5.74, 6) is 0. The quantitative estimate of drug-likeness (QED) is 0.799. The van der Waals surface area contributed by atoms with Crippen molar-refractivity contribution in [2.24, 2.45) is 10.9 Å². The highest BCUT2D eigenvalue weighted by Crippen LogP contribution is 2.25. The number of hydrogen-bond donors (Lipinski definition) is 1.